The second-order valence-electron chi connectivity index (χ2n) is 11.6. The van der Waals surface area contributed by atoms with Crippen molar-refractivity contribution in [2.45, 2.75) is 63.9 Å². The van der Waals surface area contributed by atoms with E-state index in [1.807, 2.05) is 17.0 Å². The van der Waals surface area contributed by atoms with E-state index in [9.17, 15) is 28.1 Å². The molecular weight excluding hydrogens is 565 g/mol. The van der Waals surface area contributed by atoms with Crippen LogP contribution in [-0.2, 0) is 15.7 Å². The Labute approximate surface area is 248 Å². The zero-order valence-corrected chi connectivity index (χ0v) is 24.6. The Morgan fingerprint density at radius 3 is 2.44 bits per heavy atom. The number of nitrogens with zero attached hydrogens (tertiary/aromatic N) is 4. The molecule has 1 atom stereocenters. The fraction of sp³-hybridized carbons (Fsp3) is 0.516. The Morgan fingerprint density at radius 2 is 1.79 bits per heavy atom. The van der Waals surface area contributed by atoms with E-state index in [1.165, 1.54) is 11.6 Å². The zero-order valence-electron chi connectivity index (χ0n) is 24.6. The SMILES string of the molecule is Cc1ccc2oc(C(C)N3CCN(C(=O)CO[C@H]4CC[C@H](N(C)c5ccc([N+](=O)[O-])c(C(F)(F)F)c5)CC4)CC3)cc2c1. The van der Waals surface area contributed by atoms with Gasteiger partial charge in [0, 0.05) is 56.4 Å². The first kappa shape index (κ1) is 30.8. The van der Waals surface area contributed by atoms with E-state index >= 15 is 0 Å². The summed E-state index contributed by atoms with van der Waals surface area (Å²) < 4.78 is 52.3. The molecule has 9 nitrogen and oxygen atoms in total. The molecular formula is C31H37F3N4O5. The fourth-order valence-corrected chi connectivity index (χ4v) is 6.15. The van der Waals surface area contributed by atoms with Crippen LogP contribution in [0.4, 0.5) is 24.5 Å². The number of fused-ring (bicyclic) bond motifs is 1. The van der Waals surface area contributed by atoms with Crippen molar-refractivity contribution >= 4 is 28.3 Å². The number of rotatable bonds is 8. The van der Waals surface area contributed by atoms with Crippen molar-refractivity contribution in [1.29, 1.82) is 0 Å². The van der Waals surface area contributed by atoms with Crippen LogP contribution in [0, 0.1) is 17.0 Å². The predicted octanol–water partition coefficient (Wildman–Crippen LogP) is 6.34. The summed E-state index contributed by atoms with van der Waals surface area (Å²) in [5, 5.41) is 12.2. The van der Waals surface area contributed by atoms with Crippen LogP contribution in [0.25, 0.3) is 11.0 Å². The summed E-state index contributed by atoms with van der Waals surface area (Å²) >= 11 is 0. The highest BCUT2D eigenvalue weighted by atomic mass is 19.4. The van der Waals surface area contributed by atoms with Crippen LogP contribution < -0.4 is 4.90 Å². The largest absolute Gasteiger partial charge is 0.459 e. The summed E-state index contributed by atoms with van der Waals surface area (Å²) in [5.74, 6) is 0.871. The molecule has 2 aliphatic rings. The van der Waals surface area contributed by atoms with Crippen LogP contribution in [0.1, 0.15) is 55.5 Å². The quantitative estimate of drug-likeness (QED) is 0.220. The Kier molecular flexibility index (Phi) is 8.98. The molecule has 2 fully saturated rings. The first-order valence-electron chi connectivity index (χ1n) is 14.6. The van der Waals surface area contributed by atoms with E-state index in [2.05, 4.69) is 30.9 Å². The molecule has 2 heterocycles. The Hall–Kier alpha value is -3.64. The average molecular weight is 603 g/mol. The molecule has 0 radical (unpaired) electrons. The standard InChI is InChI=1S/C31H37F3N4O5/c1-20-4-11-28-22(16-20)17-29(43-28)21(2)36-12-14-37(15-13-36)30(39)19-42-25-8-5-23(6-9-25)35(3)24-7-10-27(38(40)41)26(18-24)31(32,33)34/h4,7,10-11,16-18,21,23,25H,5-6,8-9,12-15,19H2,1-3H3/t21?,23-,25-. The molecule has 1 saturated carbocycles. The van der Waals surface area contributed by atoms with Gasteiger partial charge in [-0.2, -0.15) is 13.2 Å². The van der Waals surface area contributed by atoms with Crippen LogP contribution >= 0.6 is 0 Å². The maximum atomic E-state index is 13.4. The minimum Gasteiger partial charge on any atom is -0.459 e. The lowest BCUT2D eigenvalue weighted by molar-refractivity contribution is -0.388. The smallest absolute Gasteiger partial charge is 0.423 e. The summed E-state index contributed by atoms with van der Waals surface area (Å²) in [4.78, 5) is 28.8. The van der Waals surface area contributed by atoms with Gasteiger partial charge >= 0.3 is 6.18 Å². The highest BCUT2D eigenvalue weighted by Gasteiger charge is 2.39. The molecule has 1 aliphatic heterocycles. The number of carbonyl (C=O) groups excluding carboxylic acids is 1. The van der Waals surface area contributed by atoms with Gasteiger partial charge in [0.15, 0.2) is 0 Å². The van der Waals surface area contributed by atoms with Gasteiger partial charge in [0.05, 0.1) is 17.1 Å². The number of halogens is 3. The molecule has 1 saturated heterocycles. The number of amides is 1. The number of anilines is 1. The van der Waals surface area contributed by atoms with Gasteiger partial charge in [0.1, 0.15) is 23.5 Å². The number of hydrogen-bond donors (Lipinski definition) is 0. The molecule has 3 aromatic rings. The second-order valence-corrected chi connectivity index (χ2v) is 11.6. The lowest BCUT2D eigenvalue weighted by Gasteiger charge is -2.38. The van der Waals surface area contributed by atoms with E-state index in [4.69, 9.17) is 9.15 Å². The molecule has 1 amide bonds. The Bertz CT molecular complexity index is 1460. The number of aryl methyl sites for hydroxylation is 1. The van der Waals surface area contributed by atoms with Crippen molar-refractivity contribution in [2.75, 3.05) is 44.7 Å². The van der Waals surface area contributed by atoms with Crippen molar-refractivity contribution in [3.63, 3.8) is 0 Å². The monoisotopic (exact) mass is 602 g/mol. The van der Waals surface area contributed by atoms with Crippen LogP contribution in [0.2, 0.25) is 0 Å². The van der Waals surface area contributed by atoms with Crippen LogP contribution in [0.5, 0.6) is 0 Å². The molecule has 1 aliphatic carbocycles. The van der Waals surface area contributed by atoms with Gasteiger partial charge < -0.3 is 19.0 Å². The van der Waals surface area contributed by atoms with E-state index < -0.39 is 22.4 Å². The highest BCUT2D eigenvalue weighted by molar-refractivity contribution is 5.79. The van der Waals surface area contributed by atoms with Crippen molar-refractivity contribution < 1.29 is 32.0 Å². The van der Waals surface area contributed by atoms with E-state index in [0.29, 0.717) is 38.8 Å². The van der Waals surface area contributed by atoms with E-state index in [-0.39, 0.29) is 36.4 Å². The van der Waals surface area contributed by atoms with Gasteiger partial charge in [-0.05, 0) is 69.9 Å². The fourth-order valence-electron chi connectivity index (χ4n) is 6.15. The van der Waals surface area contributed by atoms with Crippen LogP contribution in [-0.4, -0.2) is 72.6 Å². The van der Waals surface area contributed by atoms with Crippen LogP contribution in [0.3, 0.4) is 0 Å². The molecule has 43 heavy (non-hydrogen) atoms. The van der Waals surface area contributed by atoms with Crippen LogP contribution in [0.15, 0.2) is 46.9 Å². The number of nitro benzene ring substituents is 1. The number of alkyl halides is 3. The molecule has 5 rings (SSSR count). The minimum absolute atomic E-state index is 0.000938. The molecule has 2 aromatic carbocycles. The molecule has 0 N–H and O–H groups in total. The van der Waals surface area contributed by atoms with Gasteiger partial charge in [0.2, 0.25) is 5.91 Å². The van der Waals surface area contributed by atoms with Gasteiger partial charge in [-0.3, -0.25) is 19.8 Å². The van der Waals surface area contributed by atoms with Gasteiger partial charge in [-0.25, -0.2) is 0 Å². The summed E-state index contributed by atoms with van der Waals surface area (Å²) in [6, 6.07) is 11.4. The van der Waals surface area contributed by atoms with Gasteiger partial charge in [0.25, 0.3) is 5.69 Å². The summed E-state index contributed by atoms with van der Waals surface area (Å²) in [5.41, 5.74) is 0.135. The third kappa shape index (κ3) is 6.96. The van der Waals surface area contributed by atoms with Crippen molar-refractivity contribution in [3.05, 3.63) is 69.5 Å². The number of ether oxygens (including phenoxy) is 1. The summed E-state index contributed by atoms with van der Waals surface area (Å²) in [6.07, 6.45) is -2.24. The number of nitro groups is 1. The average Bonchev–Trinajstić information content (AvgIpc) is 3.42. The Morgan fingerprint density at radius 1 is 1.09 bits per heavy atom. The van der Waals surface area contributed by atoms with E-state index in [1.54, 1.807) is 11.9 Å². The molecule has 1 aromatic heterocycles. The first-order chi connectivity index (χ1) is 20.4. The lowest BCUT2D eigenvalue weighted by Crippen LogP contribution is -2.50. The highest BCUT2D eigenvalue weighted by Crippen LogP contribution is 2.39. The first-order valence-corrected chi connectivity index (χ1v) is 14.6. The van der Waals surface area contributed by atoms with Crippen molar-refractivity contribution in [3.8, 4) is 0 Å². The molecule has 1 unspecified atom stereocenters. The second kappa shape index (κ2) is 12.5. The predicted molar refractivity (Wildman–Crippen MR) is 156 cm³/mol. The number of carbonyl (C=O) groups is 1. The number of piperazine rings is 1. The molecule has 0 spiro atoms. The molecule has 0 bridgehead atoms. The number of furan rings is 1. The molecule has 12 heteroatoms. The lowest BCUT2D eigenvalue weighted by atomic mass is 9.91. The molecule has 232 valence electrons. The topological polar surface area (TPSA) is 92.3 Å². The Balaban J connectivity index is 1.07. The third-order valence-electron chi connectivity index (χ3n) is 8.84. The van der Waals surface area contributed by atoms with Crippen molar-refractivity contribution in [2.24, 2.45) is 0 Å². The number of benzene rings is 2. The maximum Gasteiger partial charge on any atom is 0.423 e. The minimum atomic E-state index is -4.82. The van der Waals surface area contributed by atoms with Gasteiger partial charge in [-0.15, -0.1) is 0 Å². The zero-order chi connectivity index (χ0) is 30.9. The summed E-state index contributed by atoms with van der Waals surface area (Å²) in [7, 11) is 1.70. The maximum absolute atomic E-state index is 13.4. The normalized spacial score (nSPS) is 20.7. The van der Waals surface area contributed by atoms with Crippen molar-refractivity contribution in [1.82, 2.24) is 9.80 Å². The van der Waals surface area contributed by atoms with E-state index in [0.717, 1.165) is 42.0 Å². The summed E-state index contributed by atoms with van der Waals surface area (Å²) in [6.45, 7) is 6.87. The number of hydrogen-bond acceptors (Lipinski definition) is 7. The van der Waals surface area contributed by atoms with Gasteiger partial charge in [-0.1, -0.05) is 11.6 Å². The third-order valence-corrected chi connectivity index (χ3v) is 8.84.